The van der Waals surface area contributed by atoms with Crippen molar-refractivity contribution in [3.8, 4) is 0 Å². The fraction of sp³-hybridized carbons (Fsp3) is 0.727. The van der Waals surface area contributed by atoms with Crippen molar-refractivity contribution in [3.05, 3.63) is 28.9 Å². The molecule has 0 saturated heterocycles. The van der Waals surface area contributed by atoms with Crippen molar-refractivity contribution >= 4 is 36.2 Å². The van der Waals surface area contributed by atoms with Crippen molar-refractivity contribution in [2.45, 2.75) is 107 Å². The molecule has 0 aliphatic carbocycles. The first kappa shape index (κ1) is 33.4. The van der Waals surface area contributed by atoms with E-state index in [-0.39, 0.29) is 17.1 Å². The Morgan fingerprint density at radius 1 is 0.828 bits per heavy atom. The fourth-order valence-electron chi connectivity index (χ4n) is 2.58. The van der Waals surface area contributed by atoms with Crippen LogP contribution in [0.25, 0.3) is 5.32 Å². The first-order chi connectivity index (χ1) is 12.8. The number of aliphatic imine (C=N–C) groups is 2. The van der Waals surface area contributed by atoms with Crippen molar-refractivity contribution in [2.24, 2.45) is 9.98 Å². The maximum absolute atomic E-state index is 6.02. The molecule has 0 spiro atoms. The van der Waals surface area contributed by atoms with Gasteiger partial charge in [0.05, 0.1) is 0 Å². The molecule has 0 fully saturated rings. The van der Waals surface area contributed by atoms with Gasteiger partial charge in [-0.15, -0.1) is 6.04 Å². The summed E-state index contributed by atoms with van der Waals surface area (Å²) in [5.74, 6) is 0. The summed E-state index contributed by atoms with van der Waals surface area (Å²) >= 11 is -0.537. The largest absolute Gasteiger partial charge is 1.00 e. The van der Waals surface area contributed by atoms with Crippen molar-refractivity contribution in [1.82, 2.24) is 3.86 Å². The van der Waals surface area contributed by atoms with Crippen LogP contribution in [0.2, 0.25) is 0 Å². The van der Waals surface area contributed by atoms with Gasteiger partial charge in [0.25, 0.3) is 0 Å². The number of allylic oxidation sites excluding steroid dienone is 4. The van der Waals surface area contributed by atoms with Gasteiger partial charge in [0.1, 0.15) is 0 Å². The van der Waals surface area contributed by atoms with Crippen LogP contribution in [0, 0.1) is 0 Å². The van der Waals surface area contributed by atoms with E-state index in [1.54, 1.807) is 0 Å². The number of rotatable bonds is 9. The Hall–Kier alpha value is -0.228. The minimum atomic E-state index is -0.537. The van der Waals surface area contributed by atoms with Gasteiger partial charge >= 0.3 is 122 Å². The minimum absolute atomic E-state index is 0. The van der Waals surface area contributed by atoms with E-state index in [2.05, 4.69) is 87.5 Å². The number of halogens is 1. The molecule has 0 aromatic rings. The van der Waals surface area contributed by atoms with Crippen molar-refractivity contribution in [2.75, 3.05) is 0 Å². The number of nitrogens with zero attached hydrogens (tertiary/aromatic N) is 4. The zero-order valence-electron chi connectivity index (χ0n) is 20.4. The van der Waals surface area contributed by atoms with Crippen LogP contribution in [0.3, 0.4) is 0 Å². The van der Waals surface area contributed by atoms with Crippen LogP contribution in [-0.4, -0.2) is 54.2 Å². The van der Waals surface area contributed by atoms with E-state index in [1.165, 1.54) is 5.70 Å². The molecule has 0 aliphatic rings. The van der Waals surface area contributed by atoms with E-state index < -0.39 is 14.7 Å². The molecule has 0 aromatic heterocycles. The van der Waals surface area contributed by atoms with E-state index in [9.17, 15) is 0 Å². The molecule has 29 heavy (non-hydrogen) atoms. The Morgan fingerprint density at radius 2 is 1.24 bits per heavy atom. The average molecular weight is 534 g/mol. The molecule has 7 heteroatoms. The molecule has 0 heterocycles. The van der Waals surface area contributed by atoms with Crippen LogP contribution in [0.15, 0.2) is 33.5 Å². The predicted molar refractivity (Wildman–Crippen MR) is 131 cm³/mol. The quantitative estimate of drug-likeness (QED) is 0.238. The second-order valence-corrected chi connectivity index (χ2v) is 10.3. The summed E-state index contributed by atoms with van der Waals surface area (Å²) in [6, 6.07) is 1.56. The van der Waals surface area contributed by atoms with Crippen LogP contribution in [-0.2, 0) is 17.1 Å². The third kappa shape index (κ3) is 20.8. The van der Waals surface area contributed by atoms with Gasteiger partial charge in [-0.25, -0.2) is 0 Å². The van der Waals surface area contributed by atoms with Crippen LogP contribution >= 0.6 is 10.0 Å². The van der Waals surface area contributed by atoms with Gasteiger partial charge in [0, 0.05) is 11.8 Å². The van der Waals surface area contributed by atoms with Crippen LogP contribution in [0.5, 0.6) is 0 Å². The fourth-order valence-corrected chi connectivity index (χ4v) is 5.11. The Balaban J connectivity index is -0.000000455. The Morgan fingerprint density at radius 3 is 1.55 bits per heavy atom. The molecule has 2 radical (unpaired) electrons. The van der Waals surface area contributed by atoms with Crippen molar-refractivity contribution in [3.63, 3.8) is 0 Å². The zero-order valence-corrected chi connectivity index (χ0v) is 24.2. The SMILES string of the molecule is CC(/C=C(/C)[N-]C(C)C)=NC(C)C.CC(/C=C(/C)[N]([Ge][Cl])C(C)C)=NC(C)C.[Cu+]. The molecular formula is C22H42ClCuGeN4. The van der Waals surface area contributed by atoms with Crippen molar-refractivity contribution < 1.29 is 17.1 Å². The monoisotopic (exact) mass is 534 g/mol. The Kier molecular flexibility index (Phi) is 21.4. The summed E-state index contributed by atoms with van der Waals surface area (Å²) in [5.41, 5.74) is 4.40. The summed E-state index contributed by atoms with van der Waals surface area (Å²) < 4.78 is 2.26. The van der Waals surface area contributed by atoms with Crippen LogP contribution in [0.1, 0.15) is 83.1 Å². The summed E-state index contributed by atoms with van der Waals surface area (Å²) in [6.07, 6.45) is 4.14. The standard InChI is InChI=1S/C11H21ClGeN2.C11H21N2.Cu/c1-8(2)14-10(5)7-11(6)15(13-12)9(3)4;1-8(2)12-10(5)7-11(6)13-9(3)4;/h7-9H,1-6H3;7-9H,1-6H3;/q;-1;+1/b11-7-,14-10?;10-7-,13-11?;. The third-order valence-corrected chi connectivity index (χ3v) is 6.36. The molecule has 4 nitrogen and oxygen atoms in total. The molecule has 0 aromatic carbocycles. The van der Waals surface area contributed by atoms with Gasteiger partial charge in [0.15, 0.2) is 0 Å². The van der Waals surface area contributed by atoms with Gasteiger partial charge < -0.3 is 5.32 Å². The normalized spacial score (nSPS) is 13.6. The van der Waals surface area contributed by atoms with Crippen LogP contribution in [0.4, 0.5) is 0 Å². The zero-order chi connectivity index (χ0) is 22.4. The van der Waals surface area contributed by atoms with E-state index in [4.69, 9.17) is 10.0 Å². The van der Waals surface area contributed by atoms with Gasteiger partial charge in [0.2, 0.25) is 0 Å². The second-order valence-electron chi connectivity index (χ2n) is 8.07. The molecule has 0 rings (SSSR count). The Labute approximate surface area is 202 Å². The molecule has 0 bridgehead atoms. The molecule has 0 saturated carbocycles. The van der Waals surface area contributed by atoms with E-state index in [1.807, 2.05) is 26.8 Å². The van der Waals surface area contributed by atoms with E-state index in [0.717, 1.165) is 17.1 Å². The molecule has 0 atom stereocenters. The number of hydrogen-bond acceptors (Lipinski definition) is 3. The first-order valence-electron chi connectivity index (χ1n) is 10.1. The maximum atomic E-state index is 6.02. The molecular weight excluding hydrogens is 492 g/mol. The molecule has 172 valence electrons. The van der Waals surface area contributed by atoms with Crippen LogP contribution < -0.4 is 0 Å². The maximum Gasteiger partial charge on any atom is 1.00 e. The predicted octanol–water partition coefficient (Wildman–Crippen LogP) is 6.78. The third-order valence-electron chi connectivity index (χ3n) is 3.21. The molecule has 0 unspecified atom stereocenters. The summed E-state index contributed by atoms with van der Waals surface area (Å²) in [6.45, 7) is 25.0. The topological polar surface area (TPSA) is 42.1 Å². The first-order valence-corrected chi connectivity index (χ1v) is 13.8. The average Bonchev–Trinajstić information content (AvgIpc) is 2.44. The van der Waals surface area contributed by atoms with E-state index in [0.29, 0.717) is 24.2 Å². The molecule has 0 aliphatic heterocycles. The van der Waals surface area contributed by atoms with Gasteiger partial charge in [-0.3, -0.25) is 4.99 Å². The minimum Gasteiger partial charge on any atom is 1.00 e. The van der Waals surface area contributed by atoms with Gasteiger partial charge in [-0.05, 0) is 20.8 Å². The summed E-state index contributed by atoms with van der Waals surface area (Å²) in [5, 5.41) is 4.40. The Bertz CT molecular complexity index is 553. The second kappa shape index (κ2) is 18.5. The summed E-state index contributed by atoms with van der Waals surface area (Å²) in [4.78, 5) is 8.88. The molecule has 0 amide bonds. The smallest absolute Gasteiger partial charge is 1.00 e. The van der Waals surface area contributed by atoms with Gasteiger partial charge in [-0.2, -0.15) is 5.70 Å². The summed E-state index contributed by atoms with van der Waals surface area (Å²) in [7, 11) is 6.02. The van der Waals surface area contributed by atoms with Gasteiger partial charge in [-0.1, -0.05) is 26.8 Å². The molecule has 0 N–H and O–H groups in total. The van der Waals surface area contributed by atoms with E-state index >= 15 is 0 Å². The number of hydrogen-bond donors (Lipinski definition) is 0. The van der Waals surface area contributed by atoms with Crippen molar-refractivity contribution in [1.29, 1.82) is 0 Å².